The summed E-state index contributed by atoms with van der Waals surface area (Å²) in [6.45, 7) is 0. The van der Waals surface area contributed by atoms with Crippen LogP contribution in [0.15, 0.2) is 0 Å². The van der Waals surface area contributed by atoms with Crippen LogP contribution in [0.25, 0.3) is 0 Å². The van der Waals surface area contributed by atoms with Gasteiger partial charge in [-0.1, -0.05) is 19.3 Å². The molecule has 1 amide bonds. The van der Waals surface area contributed by atoms with Crippen LogP contribution in [0.3, 0.4) is 0 Å². The Hall–Kier alpha value is -0.810. The summed E-state index contributed by atoms with van der Waals surface area (Å²) in [5.74, 6) is -0.766. The summed E-state index contributed by atoms with van der Waals surface area (Å²) < 4.78 is 0. The van der Waals surface area contributed by atoms with Gasteiger partial charge in [-0.25, -0.2) is 0 Å². The van der Waals surface area contributed by atoms with Crippen molar-refractivity contribution in [2.75, 3.05) is 0 Å². The van der Waals surface area contributed by atoms with E-state index in [4.69, 9.17) is 16.7 Å². The Balaban J connectivity index is 2.02. The number of carbonyl (C=O) groups is 2. The lowest BCUT2D eigenvalue weighted by atomic mass is 9.92. The normalized spacial score (nSPS) is 25.5. The second-order valence-electron chi connectivity index (χ2n) is 5.81. The average Bonchev–Trinajstić information content (AvgIpc) is 2.40. The van der Waals surface area contributed by atoms with Crippen LogP contribution in [0.2, 0.25) is 0 Å². The number of amides is 1. The minimum Gasteiger partial charge on any atom is -0.481 e. The first-order chi connectivity index (χ1) is 9.99. The van der Waals surface area contributed by atoms with Crippen LogP contribution in [-0.4, -0.2) is 39.6 Å². The van der Waals surface area contributed by atoms with Crippen LogP contribution in [0, 0.1) is 0 Å². The van der Waals surface area contributed by atoms with E-state index >= 15 is 0 Å². The lowest BCUT2D eigenvalue weighted by molar-refractivity contribution is -0.137. The van der Waals surface area contributed by atoms with Gasteiger partial charge in [0.2, 0.25) is 5.91 Å². The van der Waals surface area contributed by atoms with E-state index in [0.29, 0.717) is 19.3 Å². The van der Waals surface area contributed by atoms with Gasteiger partial charge in [-0.2, -0.15) is 0 Å². The van der Waals surface area contributed by atoms with E-state index in [0.717, 1.165) is 38.5 Å². The van der Waals surface area contributed by atoms with Crippen molar-refractivity contribution in [1.82, 2.24) is 5.32 Å². The lowest BCUT2D eigenvalue weighted by Gasteiger charge is -2.31. The minimum atomic E-state index is -0.750. The highest BCUT2D eigenvalue weighted by atomic mass is 35.5. The smallest absolute Gasteiger partial charge is 0.303 e. The van der Waals surface area contributed by atoms with Crippen molar-refractivity contribution in [1.29, 1.82) is 0 Å². The molecule has 0 spiro atoms. The molecule has 0 heterocycles. The second kappa shape index (κ2) is 10.0. The average molecular weight is 320 g/mol. The van der Waals surface area contributed by atoms with Gasteiger partial charge in [0, 0.05) is 18.2 Å². The molecule has 0 aromatic carbocycles. The number of aliphatic hydroxyl groups is 1. The molecule has 21 heavy (non-hydrogen) atoms. The lowest BCUT2D eigenvalue weighted by Crippen LogP contribution is -2.47. The number of nitrogens with one attached hydrogen (secondary N) is 1. The van der Waals surface area contributed by atoms with Gasteiger partial charge < -0.3 is 15.5 Å². The molecule has 0 aliphatic heterocycles. The summed E-state index contributed by atoms with van der Waals surface area (Å²) in [7, 11) is 0. The monoisotopic (exact) mass is 319 g/mol. The van der Waals surface area contributed by atoms with E-state index in [-0.39, 0.29) is 23.7 Å². The molecule has 1 aliphatic rings. The van der Waals surface area contributed by atoms with Gasteiger partial charge in [0.25, 0.3) is 0 Å². The number of hydrogen-bond acceptors (Lipinski definition) is 3. The number of aliphatic hydroxyl groups excluding tert-OH is 1. The van der Waals surface area contributed by atoms with Crippen molar-refractivity contribution >= 4 is 23.5 Å². The largest absolute Gasteiger partial charge is 0.481 e. The standard InChI is InChI=1S/C15H26ClNO4/c16-11-8-9-12(13(18)10-11)17-14(19)6-4-2-1-3-5-7-15(20)21/h11-13,18H,1-10H2,(H,17,19)(H,20,21). The summed E-state index contributed by atoms with van der Waals surface area (Å²) in [6.07, 6.45) is 6.54. The fourth-order valence-electron chi connectivity index (χ4n) is 2.64. The topological polar surface area (TPSA) is 86.6 Å². The number of halogens is 1. The zero-order valence-corrected chi connectivity index (χ0v) is 13.1. The zero-order chi connectivity index (χ0) is 15.7. The van der Waals surface area contributed by atoms with Crippen molar-refractivity contribution in [2.24, 2.45) is 0 Å². The molecule has 3 atom stereocenters. The number of alkyl halides is 1. The predicted molar refractivity (Wildman–Crippen MR) is 81.4 cm³/mol. The van der Waals surface area contributed by atoms with Crippen LogP contribution < -0.4 is 5.32 Å². The molecule has 1 saturated carbocycles. The third-order valence-electron chi connectivity index (χ3n) is 3.89. The summed E-state index contributed by atoms with van der Waals surface area (Å²) in [4.78, 5) is 22.1. The first-order valence-corrected chi connectivity index (χ1v) is 8.26. The van der Waals surface area contributed by atoms with Gasteiger partial charge in [-0.3, -0.25) is 9.59 Å². The molecule has 0 bridgehead atoms. The minimum absolute atomic E-state index is 0.0129. The molecule has 6 heteroatoms. The molecule has 0 aromatic rings. The number of unbranched alkanes of at least 4 members (excludes halogenated alkanes) is 4. The maximum Gasteiger partial charge on any atom is 0.303 e. The van der Waals surface area contributed by atoms with E-state index in [2.05, 4.69) is 5.32 Å². The van der Waals surface area contributed by atoms with Crippen molar-refractivity contribution in [3.63, 3.8) is 0 Å². The maximum absolute atomic E-state index is 11.8. The van der Waals surface area contributed by atoms with Crippen LogP contribution in [0.4, 0.5) is 0 Å². The quantitative estimate of drug-likeness (QED) is 0.450. The van der Waals surface area contributed by atoms with Gasteiger partial charge in [-0.15, -0.1) is 11.6 Å². The molecule has 0 saturated heterocycles. The summed E-state index contributed by atoms with van der Waals surface area (Å²) in [5.41, 5.74) is 0. The molecule has 1 rings (SSSR count). The zero-order valence-electron chi connectivity index (χ0n) is 12.4. The summed E-state index contributed by atoms with van der Waals surface area (Å²) >= 11 is 5.97. The van der Waals surface area contributed by atoms with Crippen LogP contribution in [-0.2, 0) is 9.59 Å². The Morgan fingerprint density at radius 1 is 1.05 bits per heavy atom. The van der Waals surface area contributed by atoms with Gasteiger partial charge in [-0.05, 0) is 32.1 Å². The molecular formula is C15H26ClNO4. The van der Waals surface area contributed by atoms with E-state index in [9.17, 15) is 14.7 Å². The molecule has 0 aromatic heterocycles. The molecule has 5 nitrogen and oxygen atoms in total. The highest BCUT2D eigenvalue weighted by molar-refractivity contribution is 6.20. The van der Waals surface area contributed by atoms with E-state index < -0.39 is 12.1 Å². The summed E-state index contributed by atoms with van der Waals surface area (Å²) in [6, 6.07) is -0.164. The first kappa shape index (κ1) is 18.2. The molecular weight excluding hydrogens is 294 g/mol. The predicted octanol–water partition coefficient (Wildman–Crippen LogP) is 2.44. The molecule has 1 fully saturated rings. The number of rotatable bonds is 9. The van der Waals surface area contributed by atoms with Crippen molar-refractivity contribution in [3.8, 4) is 0 Å². The maximum atomic E-state index is 11.8. The fraction of sp³-hybridized carbons (Fsp3) is 0.867. The van der Waals surface area contributed by atoms with Crippen molar-refractivity contribution in [2.45, 2.75) is 81.7 Å². The highest BCUT2D eigenvalue weighted by Gasteiger charge is 2.28. The second-order valence-corrected chi connectivity index (χ2v) is 6.43. The molecule has 122 valence electrons. The number of carboxylic acids is 1. The number of aliphatic carboxylic acids is 1. The number of carboxylic acid groups (broad SMARTS) is 1. The van der Waals surface area contributed by atoms with E-state index in [1.165, 1.54) is 0 Å². The SMILES string of the molecule is O=C(O)CCCCCCCC(=O)NC1CCC(Cl)CC1O. The Kier molecular flexibility index (Phi) is 8.69. The Morgan fingerprint density at radius 2 is 1.67 bits per heavy atom. The van der Waals surface area contributed by atoms with Crippen molar-refractivity contribution in [3.05, 3.63) is 0 Å². The van der Waals surface area contributed by atoms with E-state index in [1.807, 2.05) is 0 Å². The molecule has 3 N–H and O–H groups in total. The molecule has 1 aliphatic carbocycles. The highest BCUT2D eigenvalue weighted by Crippen LogP contribution is 2.23. The fourth-order valence-corrected chi connectivity index (χ4v) is 2.94. The number of hydrogen-bond donors (Lipinski definition) is 3. The van der Waals surface area contributed by atoms with Crippen molar-refractivity contribution < 1.29 is 19.8 Å². The van der Waals surface area contributed by atoms with Gasteiger partial charge in [0.05, 0.1) is 12.1 Å². The van der Waals surface area contributed by atoms with Crippen LogP contribution in [0.1, 0.15) is 64.2 Å². The van der Waals surface area contributed by atoms with Gasteiger partial charge in [0.15, 0.2) is 0 Å². The summed E-state index contributed by atoms with van der Waals surface area (Å²) in [5, 5.41) is 21.2. The Bertz CT molecular complexity index is 338. The van der Waals surface area contributed by atoms with Crippen LogP contribution in [0.5, 0.6) is 0 Å². The van der Waals surface area contributed by atoms with Gasteiger partial charge in [0.1, 0.15) is 0 Å². The Morgan fingerprint density at radius 3 is 2.29 bits per heavy atom. The van der Waals surface area contributed by atoms with E-state index in [1.54, 1.807) is 0 Å². The third-order valence-corrected chi connectivity index (χ3v) is 4.29. The third kappa shape index (κ3) is 8.27. The van der Waals surface area contributed by atoms with Crippen LogP contribution >= 0.6 is 11.6 Å². The number of carbonyl (C=O) groups excluding carboxylic acids is 1. The Labute approximate surface area is 131 Å². The first-order valence-electron chi connectivity index (χ1n) is 7.82. The molecule has 3 unspecified atom stereocenters. The van der Waals surface area contributed by atoms with Gasteiger partial charge >= 0.3 is 5.97 Å². The molecule has 0 radical (unpaired) electrons.